The van der Waals surface area contributed by atoms with E-state index in [4.69, 9.17) is 18.0 Å². The summed E-state index contributed by atoms with van der Waals surface area (Å²) in [6, 6.07) is 1.25. The first-order chi connectivity index (χ1) is 6.52. The van der Waals surface area contributed by atoms with Crippen molar-refractivity contribution in [2.75, 3.05) is 6.54 Å². The second-order valence-electron chi connectivity index (χ2n) is 4.71. The van der Waals surface area contributed by atoms with E-state index in [1.807, 2.05) is 0 Å². The van der Waals surface area contributed by atoms with E-state index in [1.165, 1.54) is 19.4 Å². The maximum Gasteiger partial charge on any atom is 0.0742 e. The van der Waals surface area contributed by atoms with Gasteiger partial charge in [0.15, 0.2) is 0 Å². The fourth-order valence-corrected chi connectivity index (χ4v) is 2.73. The van der Waals surface area contributed by atoms with Crippen molar-refractivity contribution in [3.05, 3.63) is 0 Å². The number of hydrogen-bond donors (Lipinski definition) is 1. The van der Waals surface area contributed by atoms with E-state index in [0.29, 0.717) is 11.0 Å². The average molecular weight is 214 g/mol. The summed E-state index contributed by atoms with van der Waals surface area (Å²) in [5.41, 5.74) is 5.59. The Kier molecular flexibility index (Phi) is 4.32. The molecule has 0 radical (unpaired) electrons. The summed E-state index contributed by atoms with van der Waals surface area (Å²) in [6.45, 7) is 8.05. The molecule has 0 saturated carbocycles. The van der Waals surface area contributed by atoms with Crippen molar-refractivity contribution in [1.29, 1.82) is 0 Å². The third-order valence-corrected chi connectivity index (χ3v) is 3.34. The van der Waals surface area contributed by atoms with Crippen LogP contribution in [0.15, 0.2) is 0 Å². The minimum absolute atomic E-state index is 0.516. The van der Waals surface area contributed by atoms with Crippen molar-refractivity contribution >= 4 is 17.2 Å². The van der Waals surface area contributed by atoms with Crippen LogP contribution in [0, 0.1) is 5.92 Å². The Bertz CT molecular complexity index is 203. The standard InChI is InChI=1S/C11H22N2S/c1-8(2)10-5-4-6-13(10)9(3)7-11(12)14/h8-10H,4-7H2,1-3H3,(H2,12,14). The normalized spacial score (nSPS) is 25.6. The lowest BCUT2D eigenvalue weighted by molar-refractivity contribution is 0.159. The molecule has 2 unspecified atom stereocenters. The van der Waals surface area contributed by atoms with Gasteiger partial charge in [0, 0.05) is 18.5 Å². The van der Waals surface area contributed by atoms with Crippen LogP contribution in [0.5, 0.6) is 0 Å². The molecule has 1 saturated heterocycles. The van der Waals surface area contributed by atoms with Crippen molar-refractivity contribution in [3.63, 3.8) is 0 Å². The van der Waals surface area contributed by atoms with E-state index >= 15 is 0 Å². The lowest BCUT2D eigenvalue weighted by atomic mass is 10.0. The van der Waals surface area contributed by atoms with Gasteiger partial charge in [0.05, 0.1) is 4.99 Å². The Morgan fingerprint density at radius 1 is 1.50 bits per heavy atom. The van der Waals surface area contributed by atoms with E-state index in [-0.39, 0.29) is 0 Å². The molecule has 1 aliphatic heterocycles. The quantitative estimate of drug-likeness (QED) is 0.727. The molecule has 0 spiro atoms. The highest BCUT2D eigenvalue weighted by Crippen LogP contribution is 2.26. The van der Waals surface area contributed by atoms with Crippen LogP contribution in [-0.4, -0.2) is 28.5 Å². The Hall–Kier alpha value is -0.150. The molecule has 0 aromatic heterocycles. The summed E-state index contributed by atoms with van der Waals surface area (Å²) >= 11 is 4.96. The Morgan fingerprint density at radius 3 is 2.64 bits per heavy atom. The van der Waals surface area contributed by atoms with Gasteiger partial charge < -0.3 is 5.73 Å². The van der Waals surface area contributed by atoms with E-state index in [0.717, 1.165) is 18.4 Å². The molecule has 0 aromatic carbocycles. The zero-order valence-corrected chi connectivity index (χ0v) is 10.3. The number of nitrogens with zero attached hydrogens (tertiary/aromatic N) is 1. The van der Waals surface area contributed by atoms with E-state index in [2.05, 4.69) is 25.7 Å². The van der Waals surface area contributed by atoms with Gasteiger partial charge in [-0.25, -0.2) is 0 Å². The zero-order valence-electron chi connectivity index (χ0n) is 9.49. The largest absolute Gasteiger partial charge is 0.393 e. The van der Waals surface area contributed by atoms with Crippen LogP contribution in [0.2, 0.25) is 0 Å². The van der Waals surface area contributed by atoms with Crippen molar-refractivity contribution < 1.29 is 0 Å². The minimum Gasteiger partial charge on any atom is -0.393 e. The molecule has 0 amide bonds. The monoisotopic (exact) mass is 214 g/mol. The molecular weight excluding hydrogens is 192 g/mol. The summed E-state index contributed by atoms with van der Waals surface area (Å²) < 4.78 is 0. The molecule has 2 N–H and O–H groups in total. The molecule has 0 aliphatic carbocycles. The highest BCUT2D eigenvalue weighted by Gasteiger charge is 2.30. The molecule has 1 aliphatic rings. The average Bonchev–Trinajstić information content (AvgIpc) is 2.49. The van der Waals surface area contributed by atoms with Crippen LogP contribution in [-0.2, 0) is 0 Å². The molecule has 0 aromatic rings. The first-order valence-corrected chi connectivity index (χ1v) is 5.97. The number of thiocarbonyl (C=S) groups is 1. The van der Waals surface area contributed by atoms with Gasteiger partial charge in [-0.1, -0.05) is 26.1 Å². The highest BCUT2D eigenvalue weighted by atomic mass is 32.1. The first-order valence-electron chi connectivity index (χ1n) is 5.56. The maximum atomic E-state index is 5.59. The summed E-state index contributed by atoms with van der Waals surface area (Å²) in [7, 11) is 0. The lowest BCUT2D eigenvalue weighted by Gasteiger charge is -2.32. The number of likely N-dealkylation sites (tertiary alicyclic amines) is 1. The number of nitrogens with two attached hydrogens (primary N) is 1. The van der Waals surface area contributed by atoms with Crippen molar-refractivity contribution in [1.82, 2.24) is 4.90 Å². The topological polar surface area (TPSA) is 29.3 Å². The second kappa shape index (κ2) is 5.08. The number of rotatable bonds is 4. The lowest BCUT2D eigenvalue weighted by Crippen LogP contribution is -2.41. The highest BCUT2D eigenvalue weighted by molar-refractivity contribution is 7.80. The summed E-state index contributed by atoms with van der Waals surface area (Å²) in [5, 5.41) is 0. The van der Waals surface area contributed by atoms with Crippen molar-refractivity contribution in [2.24, 2.45) is 11.7 Å². The van der Waals surface area contributed by atoms with Crippen LogP contribution in [0.25, 0.3) is 0 Å². The first kappa shape index (κ1) is 11.9. The fraction of sp³-hybridized carbons (Fsp3) is 0.909. The minimum atomic E-state index is 0.516. The third kappa shape index (κ3) is 2.92. The van der Waals surface area contributed by atoms with Crippen LogP contribution < -0.4 is 5.73 Å². The Balaban J connectivity index is 2.53. The van der Waals surface area contributed by atoms with Gasteiger partial charge in [0.1, 0.15) is 0 Å². The van der Waals surface area contributed by atoms with E-state index in [1.54, 1.807) is 0 Å². The van der Waals surface area contributed by atoms with Crippen LogP contribution >= 0.6 is 12.2 Å². The van der Waals surface area contributed by atoms with E-state index in [9.17, 15) is 0 Å². The molecule has 1 heterocycles. The predicted octanol–water partition coefficient (Wildman–Crippen LogP) is 2.17. The second-order valence-corrected chi connectivity index (χ2v) is 5.24. The molecule has 14 heavy (non-hydrogen) atoms. The van der Waals surface area contributed by atoms with E-state index < -0.39 is 0 Å². The van der Waals surface area contributed by atoms with Gasteiger partial charge in [-0.05, 0) is 32.2 Å². The Labute approximate surface area is 92.8 Å². The molecule has 0 bridgehead atoms. The number of hydrogen-bond acceptors (Lipinski definition) is 2. The van der Waals surface area contributed by atoms with Crippen LogP contribution in [0.4, 0.5) is 0 Å². The van der Waals surface area contributed by atoms with Gasteiger partial charge in [0.25, 0.3) is 0 Å². The molecule has 2 atom stereocenters. The van der Waals surface area contributed by atoms with Crippen molar-refractivity contribution in [2.45, 2.75) is 52.1 Å². The molecule has 1 rings (SSSR count). The Morgan fingerprint density at radius 2 is 2.14 bits per heavy atom. The smallest absolute Gasteiger partial charge is 0.0742 e. The third-order valence-electron chi connectivity index (χ3n) is 3.17. The predicted molar refractivity (Wildman–Crippen MR) is 65.4 cm³/mol. The SMILES string of the molecule is CC(C)C1CCCN1C(C)CC(N)=S. The summed E-state index contributed by atoms with van der Waals surface area (Å²) in [6.07, 6.45) is 3.52. The molecular formula is C11H22N2S. The van der Waals surface area contributed by atoms with Gasteiger partial charge in [0.2, 0.25) is 0 Å². The van der Waals surface area contributed by atoms with Gasteiger partial charge >= 0.3 is 0 Å². The molecule has 82 valence electrons. The van der Waals surface area contributed by atoms with Gasteiger partial charge in [-0.2, -0.15) is 0 Å². The van der Waals surface area contributed by atoms with Crippen molar-refractivity contribution in [3.8, 4) is 0 Å². The molecule has 2 nitrogen and oxygen atoms in total. The molecule has 1 fully saturated rings. The summed E-state index contributed by atoms with van der Waals surface area (Å²) in [4.78, 5) is 3.22. The van der Waals surface area contributed by atoms with Crippen LogP contribution in [0.1, 0.15) is 40.0 Å². The molecule has 3 heteroatoms. The summed E-state index contributed by atoms with van der Waals surface area (Å²) in [5.74, 6) is 0.742. The van der Waals surface area contributed by atoms with Crippen LogP contribution in [0.3, 0.4) is 0 Å². The zero-order chi connectivity index (χ0) is 10.7. The van der Waals surface area contributed by atoms with Gasteiger partial charge in [-0.3, -0.25) is 4.90 Å². The maximum absolute atomic E-state index is 5.59. The van der Waals surface area contributed by atoms with Gasteiger partial charge in [-0.15, -0.1) is 0 Å². The fourth-order valence-electron chi connectivity index (χ4n) is 2.49.